The molecule has 0 aliphatic rings. The van der Waals surface area contributed by atoms with Gasteiger partial charge in [-0.1, -0.05) is 31.2 Å². The van der Waals surface area contributed by atoms with Gasteiger partial charge in [-0.15, -0.1) is 0 Å². The summed E-state index contributed by atoms with van der Waals surface area (Å²) in [6.07, 6.45) is 2.67. The highest BCUT2D eigenvalue weighted by molar-refractivity contribution is 5.62. The standard InChI is InChI=1S/C16H18NO2/c1-13(16-8-5-9-19-16)10-17-11-15(12-18)14-6-3-2-4-7-14/h3-9,12-13,15,17H,10-11H2,1H3. The van der Waals surface area contributed by atoms with E-state index in [1.807, 2.05) is 36.4 Å². The largest absolute Gasteiger partial charge is 0.469 e. The molecule has 1 aromatic heterocycles. The van der Waals surface area contributed by atoms with Crippen molar-refractivity contribution in [2.75, 3.05) is 13.1 Å². The molecule has 0 saturated heterocycles. The van der Waals surface area contributed by atoms with Crippen LogP contribution in [0.25, 0.3) is 0 Å². The topological polar surface area (TPSA) is 42.2 Å². The molecular weight excluding hydrogens is 238 g/mol. The minimum Gasteiger partial charge on any atom is -0.469 e. The summed E-state index contributed by atoms with van der Waals surface area (Å²) in [6, 6.07) is 14.3. The highest BCUT2D eigenvalue weighted by Crippen LogP contribution is 2.15. The molecule has 1 N–H and O–H groups in total. The van der Waals surface area contributed by atoms with Crippen LogP contribution in [0.2, 0.25) is 0 Å². The zero-order valence-electron chi connectivity index (χ0n) is 11.0. The van der Waals surface area contributed by atoms with E-state index in [-0.39, 0.29) is 5.92 Å². The summed E-state index contributed by atoms with van der Waals surface area (Å²) in [4.78, 5) is 11.1. The second-order valence-electron chi connectivity index (χ2n) is 4.65. The number of carbonyl (C=O) groups is 1. The fraction of sp³-hybridized carbons (Fsp3) is 0.312. The summed E-state index contributed by atoms with van der Waals surface area (Å²) in [5, 5.41) is 3.32. The first kappa shape index (κ1) is 13.6. The molecule has 1 radical (unpaired) electrons. The van der Waals surface area contributed by atoms with Gasteiger partial charge in [0.15, 0.2) is 0 Å². The number of benzene rings is 1. The Morgan fingerprint density at radius 2 is 2.11 bits per heavy atom. The van der Waals surface area contributed by atoms with Crippen LogP contribution in [0, 0.1) is 6.07 Å². The van der Waals surface area contributed by atoms with Crippen molar-refractivity contribution in [3.05, 3.63) is 60.1 Å². The molecule has 99 valence electrons. The van der Waals surface area contributed by atoms with E-state index in [4.69, 9.17) is 4.42 Å². The molecule has 0 saturated carbocycles. The number of hydrogen-bond acceptors (Lipinski definition) is 3. The van der Waals surface area contributed by atoms with Gasteiger partial charge in [0.2, 0.25) is 0 Å². The number of furan rings is 1. The lowest BCUT2D eigenvalue weighted by molar-refractivity contribution is -0.109. The van der Waals surface area contributed by atoms with Crippen LogP contribution in [0.5, 0.6) is 0 Å². The van der Waals surface area contributed by atoms with E-state index < -0.39 is 0 Å². The van der Waals surface area contributed by atoms with E-state index in [2.05, 4.69) is 18.3 Å². The SMILES string of the molecule is CC(CNCC(C=O)c1cc[c]cc1)c1ccco1. The Bertz CT molecular complexity index is 479. The average molecular weight is 256 g/mol. The normalized spacial score (nSPS) is 13.9. The lowest BCUT2D eigenvalue weighted by Crippen LogP contribution is -2.26. The fourth-order valence-corrected chi connectivity index (χ4v) is 2.02. The molecule has 2 aromatic rings. The van der Waals surface area contributed by atoms with Crippen LogP contribution in [0.1, 0.15) is 30.1 Å². The fourth-order valence-electron chi connectivity index (χ4n) is 2.02. The van der Waals surface area contributed by atoms with Crippen LogP contribution in [0.4, 0.5) is 0 Å². The first-order chi connectivity index (χ1) is 9.31. The van der Waals surface area contributed by atoms with Gasteiger partial charge in [-0.25, -0.2) is 0 Å². The molecule has 1 aromatic carbocycles. The lowest BCUT2D eigenvalue weighted by atomic mass is 10.0. The minimum atomic E-state index is -0.113. The minimum absolute atomic E-state index is 0.113. The van der Waals surface area contributed by atoms with E-state index in [9.17, 15) is 4.79 Å². The van der Waals surface area contributed by atoms with Gasteiger partial charge in [0.1, 0.15) is 12.0 Å². The number of rotatable bonds is 7. The molecule has 0 bridgehead atoms. The van der Waals surface area contributed by atoms with Crippen molar-refractivity contribution in [2.24, 2.45) is 0 Å². The molecule has 19 heavy (non-hydrogen) atoms. The van der Waals surface area contributed by atoms with Crippen molar-refractivity contribution in [2.45, 2.75) is 18.8 Å². The Hall–Kier alpha value is -1.87. The quantitative estimate of drug-likeness (QED) is 0.774. The Morgan fingerprint density at radius 1 is 1.32 bits per heavy atom. The first-order valence-corrected chi connectivity index (χ1v) is 6.46. The van der Waals surface area contributed by atoms with Crippen LogP contribution < -0.4 is 5.32 Å². The molecule has 2 unspecified atom stereocenters. The van der Waals surface area contributed by atoms with Crippen LogP contribution in [-0.2, 0) is 4.79 Å². The van der Waals surface area contributed by atoms with Gasteiger partial charge in [0, 0.05) is 19.0 Å². The van der Waals surface area contributed by atoms with Gasteiger partial charge in [0.05, 0.1) is 12.2 Å². The van der Waals surface area contributed by atoms with E-state index in [0.717, 1.165) is 24.2 Å². The average Bonchev–Trinajstić information content (AvgIpc) is 2.98. The van der Waals surface area contributed by atoms with E-state index in [1.165, 1.54) is 0 Å². The van der Waals surface area contributed by atoms with Crippen molar-refractivity contribution in [1.82, 2.24) is 5.32 Å². The molecule has 0 aliphatic heterocycles. The maximum atomic E-state index is 11.1. The molecule has 0 spiro atoms. The number of carbonyl (C=O) groups excluding carboxylic acids is 1. The molecule has 2 rings (SSSR count). The summed E-state index contributed by atoms with van der Waals surface area (Å²) in [7, 11) is 0. The van der Waals surface area contributed by atoms with Gasteiger partial charge in [-0.2, -0.15) is 0 Å². The van der Waals surface area contributed by atoms with Crippen LogP contribution >= 0.6 is 0 Å². The van der Waals surface area contributed by atoms with Crippen molar-refractivity contribution in [3.8, 4) is 0 Å². The second kappa shape index (κ2) is 6.90. The molecule has 1 heterocycles. The van der Waals surface area contributed by atoms with Crippen molar-refractivity contribution >= 4 is 6.29 Å². The third-order valence-corrected chi connectivity index (χ3v) is 3.18. The Kier molecular flexibility index (Phi) is 4.93. The third kappa shape index (κ3) is 3.80. The van der Waals surface area contributed by atoms with Gasteiger partial charge < -0.3 is 14.5 Å². The predicted octanol–water partition coefficient (Wildman–Crippen LogP) is 2.76. The molecule has 3 heteroatoms. The first-order valence-electron chi connectivity index (χ1n) is 6.46. The molecular formula is C16H18NO2. The van der Waals surface area contributed by atoms with Crippen molar-refractivity contribution < 1.29 is 9.21 Å². The van der Waals surface area contributed by atoms with E-state index >= 15 is 0 Å². The summed E-state index contributed by atoms with van der Waals surface area (Å²) >= 11 is 0. The summed E-state index contributed by atoms with van der Waals surface area (Å²) in [6.45, 7) is 3.52. The summed E-state index contributed by atoms with van der Waals surface area (Å²) < 4.78 is 5.35. The summed E-state index contributed by atoms with van der Waals surface area (Å²) in [5.41, 5.74) is 1.02. The van der Waals surface area contributed by atoms with E-state index in [0.29, 0.717) is 12.5 Å². The van der Waals surface area contributed by atoms with Crippen LogP contribution in [0.15, 0.2) is 47.1 Å². The van der Waals surface area contributed by atoms with Gasteiger partial charge in [0.25, 0.3) is 0 Å². The number of hydrogen-bond donors (Lipinski definition) is 1. The smallest absolute Gasteiger partial charge is 0.128 e. The highest BCUT2D eigenvalue weighted by Gasteiger charge is 2.12. The maximum Gasteiger partial charge on any atom is 0.128 e. The number of nitrogens with one attached hydrogen (secondary N) is 1. The van der Waals surface area contributed by atoms with E-state index in [1.54, 1.807) is 6.26 Å². The van der Waals surface area contributed by atoms with Crippen LogP contribution in [0.3, 0.4) is 0 Å². The predicted molar refractivity (Wildman–Crippen MR) is 74.1 cm³/mol. The Labute approximate surface area is 113 Å². The zero-order valence-corrected chi connectivity index (χ0v) is 11.0. The molecule has 0 fully saturated rings. The molecule has 2 atom stereocenters. The monoisotopic (exact) mass is 256 g/mol. The highest BCUT2D eigenvalue weighted by atomic mass is 16.3. The van der Waals surface area contributed by atoms with Gasteiger partial charge in [-0.05, 0) is 23.8 Å². The molecule has 0 aliphatic carbocycles. The Balaban J connectivity index is 1.83. The zero-order chi connectivity index (χ0) is 13.5. The third-order valence-electron chi connectivity index (χ3n) is 3.18. The molecule has 0 amide bonds. The summed E-state index contributed by atoms with van der Waals surface area (Å²) in [5.74, 6) is 1.15. The molecule has 3 nitrogen and oxygen atoms in total. The van der Waals surface area contributed by atoms with Gasteiger partial charge >= 0.3 is 0 Å². The van der Waals surface area contributed by atoms with Crippen LogP contribution in [-0.4, -0.2) is 19.4 Å². The van der Waals surface area contributed by atoms with Crippen molar-refractivity contribution in [1.29, 1.82) is 0 Å². The number of aldehydes is 1. The second-order valence-corrected chi connectivity index (χ2v) is 4.65. The Morgan fingerprint density at radius 3 is 2.74 bits per heavy atom. The lowest BCUT2D eigenvalue weighted by Gasteiger charge is -2.14. The van der Waals surface area contributed by atoms with Gasteiger partial charge in [-0.3, -0.25) is 0 Å². The van der Waals surface area contributed by atoms with Crippen molar-refractivity contribution in [3.63, 3.8) is 0 Å². The maximum absolute atomic E-state index is 11.1.